The maximum atomic E-state index is 12.5. The fourth-order valence-electron chi connectivity index (χ4n) is 3.68. The van der Waals surface area contributed by atoms with Crippen molar-refractivity contribution in [2.45, 2.75) is 31.1 Å². The minimum absolute atomic E-state index is 0.119. The number of hydrogen-bond acceptors (Lipinski definition) is 4. The second-order valence-corrected chi connectivity index (χ2v) is 6.75. The second kappa shape index (κ2) is 7.79. The van der Waals surface area contributed by atoms with E-state index in [1.807, 2.05) is 24.3 Å². The maximum Gasteiger partial charge on any atom is 0.255 e. The Kier molecular flexibility index (Phi) is 5.47. The summed E-state index contributed by atoms with van der Waals surface area (Å²) in [5, 5.41) is 12.7. The van der Waals surface area contributed by atoms with Gasteiger partial charge in [-0.1, -0.05) is 25.0 Å². The van der Waals surface area contributed by atoms with Crippen LogP contribution in [0.2, 0.25) is 0 Å². The summed E-state index contributed by atoms with van der Waals surface area (Å²) in [7, 11) is 3.10. The minimum atomic E-state index is -0.212. The number of anilines is 1. The first kappa shape index (κ1) is 18.3. The average Bonchev–Trinajstić information content (AvgIpc) is 3.18. The van der Waals surface area contributed by atoms with Gasteiger partial charge >= 0.3 is 0 Å². The number of amides is 1. The molecular formula is C21H25NO4. The SMILES string of the molecule is COc1ccc(C(=O)Nc2ccc(C3(CO)CCCC3)cc2)cc1OC. The van der Waals surface area contributed by atoms with E-state index in [1.54, 1.807) is 25.3 Å². The summed E-state index contributed by atoms with van der Waals surface area (Å²) < 4.78 is 10.4. The molecule has 26 heavy (non-hydrogen) atoms. The lowest BCUT2D eigenvalue weighted by Crippen LogP contribution is -2.26. The van der Waals surface area contributed by atoms with Crippen LogP contribution in [0.3, 0.4) is 0 Å². The number of benzene rings is 2. The molecule has 1 saturated carbocycles. The number of carbonyl (C=O) groups is 1. The van der Waals surface area contributed by atoms with Crippen molar-refractivity contribution >= 4 is 11.6 Å². The quantitative estimate of drug-likeness (QED) is 0.828. The van der Waals surface area contributed by atoms with Crippen LogP contribution in [0.25, 0.3) is 0 Å². The Balaban J connectivity index is 1.74. The highest BCUT2D eigenvalue weighted by Crippen LogP contribution is 2.41. The lowest BCUT2D eigenvalue weighted by molar-refractivity contribution is 0.102. The third-order valence-corrected chi connectivity index (χ3v) is 5.26. The topological polar surface area (TPSA) is 67.8 Å². The van der Waals surface area contributed by atoms with Crippen molar-refractivity contribution in [2.24, 2.45) is 0 Å². The minimum Gasteiger partial charge on any atom is -0.493 e. The number of nitrogens with one attached hydrogen (secondary N) is 1. The lowest BCUT2D eigenvalue weighted by atomic mass is 9.80. The third-order valence-electron chi connectivity index (χ3n) is 5.26. The first-order valence-corrected chi connectivity index (χ1v) is 8.87. The molecule has 0 aromatic heterocycles. The molecule has 0 heterocycles. The predicted molar refractivity (Wildman–Crippen MR) is 101 cm³/mol. The van der Waals surface area contributed by atoms with Gasteiger partial charge < -0.3 is 19.9 Å². The molecule has 1 aliphatic carbocycles. The molecule has 5 heteroatoms. The van der Waals surface area contributed by atoms with Gasteiger partial charge in [0.1, 0.15) is 0 Å². The van der Waals surface area contributed by atoms with Crippen LogP contribution in [0.5, 0.6) is 11.5 Å². The summed E-state index contributed by atoms with van der Waals surface area (Å²) in [5.74, 6) is 0.886. The van der Waals surface area contributed by atoms with E-state index in [0.29, 0.717) is 17.1 Å². The Hall–Kier alpha value is -2.53. The molecule has 2 N–H and O–H groups in total. The Morgan fingerprint density at radius 2 is 1.69 bits per heavy atom. The van der Waals surface area contributed by atoms with Crippen molar-refractivity contribution in [3.63, 3.8) is 0 Å². The summed E-state index contributed by atoms with van der Waals surface area (Å²) in [6.07, 6.45) is 4.33. The van der Waals surface area contributed by atoms with Crippen LogP contribution in [-0.2, 0) is 5.41 Å². The van der Waals surface area contributed by atoms with Gasteiger partial charge in [0.15, 0.2) is 11.5 Å². The zero-order valence-corrected chi connectivity index (χ0v) is 15.2. The highest BCUT2D eigenvalue weighted by Gasteiger charge is 2.34. The van der Waals surface area contributed by atoms with E-state index < -0.39 is 0 Å². The molecule has 0 radical (unpaired) electrons. The molecule has 0 aliphatic heterocycles. The molecule has 2 aromatic rings. The first-order valence-electron chi connectivity index (χ1n) is 8.87. The van der Waals surface area contributed by atoms with E-state index in [-0.39, 0.29) is 17.9 Å². The predicted octanol–water partition coefficient (Wildman–Crippen LogP) is 3.76. The van der Waals surface area contributed by atoms with E-state index in [0.717, 1.165) is 36.9 Å². The summed E-state index contributed by atoms with van der Waals surface area (Å²) in [6.45, 7) is 0.171. The fraction of sp³-hybridized carbons (Fsp3) is 0.381. The standard InChI is InChI=1S/C21H25NO4/c1-25-18-10-5-15(13-19(18)26-2)20(24)22-17-8-6-16(7-9-17)21(14-23)11-3-4-12-21/h5-10,13,23H,3-4,11-12,14H2,1-2H3,(H,22,24). The number of carbonyl (C=O) groups excluding carboxylic acids is 1. The molecule has 0 bridgehead atoms. The number of hydrogen-bond donors (Lipinski definition) is 2. The van der Waals surface area contributed by atoms with Crippen molar-refractivity contribution in [3.05, 3.63) is 53.6 Å². The number of aliphatic hydroxyl groups excluding tert-OH is 1. The fourth-order valence-corrected chi connectivity index (χ4v) is 3.68. The molecule has 1 fully saturated rings. The average molecular weight is 355 g/mol. The molecule has 0 spiro atoms. The van der Waals surface area contributed by atoms with Gasteiger partial charge in [-0.25, -0.2) is 0 Å². The second-order valence-electron chi connectivity index (χ2n) is 6.75. The van der Waals surface area contributed by atoms with Crippen LogP contribution < -0.4 is 14.8 Å². The van der Waals surface area contributed by atoms with Crippen LogP contribution in [0.1, 0.15) is 41.6 Å². The molecule has 1 amide bonds. The Bertz CT molecular complexity index is 764. The van der Waals surface area contributed by atoms with Crippen molar-refractivity contribution in [3.8, 4) is 11.5 Å². The third kappa shape index (κ3) is 3.53. The zero-order valence-electron chi connectivity index (χ0n) is 15.2. The summed E-state index contributed by atoms with van der Waals surface area (Å²) >= 11 is 0. The molecule has 0 atom stereocenters. The van der Waals surface area contributed by atoms with Crippen LogP contribution in [0.15, 0.2) is 42.5 Å². The molecular weight excluding hydrogens is 330 g/mol. The van der Waals surface area contributed by atoms with Gasteiger partial charge in [0, 0.05) is 16.7 Å². The smallest absolute Gasteiger partial charge is 0.255 e. The van der Waals surface area contributed by atoms with Crippen molar-refractivity contribution < 1.29 is 19.4 Å². The zero-order chi connectivity index (χ0) is 18.6. The maximum absolute atomic E-state index is 12.5. The van der Waals surface area contributed by atoms with Gasteiger partial charge in [0.2, 0.25) is 0 Å². The van der Waals surface area contributed by atoms with Gasteiger partial charge in [0.25, 0.3) is 5.91 Å². The summed E-state index contributed by atoms with van der Waals surface area (Å²) in [6, 6.07) is 12.9. The Morgan fingerprint density at radius 1 is 1.04 bits per heavy atom. The van der Waals surface area contributed by atoms with E-state index in [9.17, 15) is 9.90 Å². The van der Waals surface area contributed by atoms with E-state index in [2.05, 4.69) is 5.32 Å². The Labute approximate surface area is 153 Å². The van der Waals surface area contributed by atoms with Gasteiger partial charge in [0.05, 0.1) is 20.8 Å². The van der Waals surface area contributed by atoms with Crippen LogP contribution in [0, 0.1) is 0 Å². The highest BCUT2D eigenvalue weighted by atomic mass is 16.5. The molecule has 0 saturated heterocycles. The highest BCUT2D eigenvalue weighted by molar-refractivity contribution is 6.04. The molecule has 138 valence electrons. The van der Waals surface area contributed by atoms with Gasteiger partial charge in [-0.15, -0.1) is 0 Å². The van der Waals surface area contributed by atoms with E-state index in [4.69, 9.17) is 9.47 Å². The van der Waals surface area contributed by atoms with E-state index in [1.165, 1.54) is 7.11 Å². The number of ether oxygens (including phenoxy) is 2. The summed E-state index contributed by atoms with van der Waals surface area (Å²) in [5.41, 5.74) is 2.24. The van der Waals surface area contributed by atoms with E-state index >= 15 is 0 Å². The molecule has 3 rings (SSSR count). The van der Waals surface area contributed by atoms with Crippen molar-refractivity contribution in [1.29, 1.82) is 0 Å². The number of rotatable bonds is 6. The normalized spacial score (nSPS) is 15.5. The summed E-state index contributed by atoms with van der Waals surface area (Å²) in [4.78, 5) is 12.5. The van der Waals surface area contributed by atoms with Crippen LogP contribution in [-0.4, -0.2) is 31.8 Å². The van der Waals surface area contributed by atoms with Crippen molar-refractivity contribution in [1.82, 2.24) is 0 Å². The van der Waals surface area contributed by atoms with Gasteiger partial charge in [-0.05, 0) is 48.7 Å². The number of aliphatic hydroxyl groups is 1. The number of methoxy groups -OCH3 is 2. The largest absolute Gasteiger partial charge is 0.493 e. The lowest BCUT2D eigenvalue weighted by Gasteiger charge is -2.27. The Morgan fingerprint density at radius 3 is 2.27 bits per heavy atom. The van der Waals surface area contributed by atoms with Crippen LogP contribution in [0.4, 0.5) is 5.69 Å². The van der Waals surface area contributed by atoms with Crippen LogP contribution >= 0.6 is 0 Å². The van der Waals surface area contributed by atoms with Gasteiger partial charge in [-0.2, -0.15) is 0 Å². The molecule has 1 aliphatic rings. The first-order chi connectivity index (χ1) is 12.6. The van der Waals surface area contributed by atoms with Gasteiger partial charge in [-0.3, -0.25) is 4.79 Å². The monoisotopic (exact) mass is 355 g/mol. The van der Waals surface area contributed by atoms with Crippen molar-refractivity contribution in [2.75, 3.05) is 26.1 Å². The molecule has 0 unspecified atom stereocenters. The molecule has 2 aromatic carbocycles. The molecule has 5 nitrogen and oxygen atoms in total.